The van der Waals surface area contributed by atoms with Crippen LogP contribution < -0.4 is 10.6 Å². The third kappa shape index (κ3) is 5.20. The van der Waals surface area contributed by atoms with E-state index < -0.39 is 6.04 Å². The average molecular weight is 517 g/mol. The number of amides is 1. The Bertz CT molecular complexity index is 1370. The molecule has 1 aliphatic carbocycles. The lowest BCUT2D eigenvalue weighted by atomic mass is 9.87. The molecule has 0 saturated heterocycles. The summed E-state index contributed by atoms with van der Waals surface area (Å²) in [5.74, 6) is 0.487. The number of hydrogen-bond donors (Lipinski definition) is 3. The summed E-state index contributed by atoms with van der Waals surface area (Å²) in [5, 5.41) is 22.2. The van der Waals surface area contributed by atoms with Crippen LogP contribution in [0.4, 0.5) is 5.95 Å². The minimum atomic E-state index is -0.453. The van der Waals surface area contributed by atoms with Crippen molar-refractivity contribution in [3.63, 3.8) is 0 Å². The molecule has 1 aromatic carbocycles. The Morgan fingerprint density at radius 3 is 2.61 bits per heavy atom. The maximum atomic E-state index is 12.4. The van der Waals surface area contributed by atoms with E-state index in [1.807, 2.05) is 42.1 Å². The van der Waals surface area contributed by atoms with Crippen LogP contribution in [0.15, 0.2) is 41.6 Å². The highest BCUT2D eigenvalue weighted by Crippen LogP contribution is 2.36. The molecule has 1 amide bonds. The minimum absolute atomic E-state index is 0.0283. The van der Waals surface area contributed by atoms with Gasteiger partial charge in [0.2, 0.25) is 11.9 Å². The van der Waals surface area contributed by atoms with Crippen LogP contribution in [0.25, 0.3) is 22.3 Å². The molecule has 1 atom stereocenters. The first kappa shape index (κ1) is 26.0. The highest BCUT2D eigenvalue weighted by atomic mass is 16.3. The first-order chi connectivity index (χ1) is 18.4. The van der Waals surface area contributed by atoms with Gasteiger partial charge in [-0.3, -0.25) is 9.59 Å². The van der Waals surface area contributed by atoms with E-state index in [1.165, 1.54) is 0 Å². The van der Waals surface area contributed by atoms with E-state index in [1.54, 1.807) is 6.92 Å². The lowest BCUT2D eigenvalue weighted by molar-refractivity contribution is -0.121. The van der Waals surface area contributed by atoms with Crippen LogP contribution in [0.2, 0.25) is 0 Å². The van der Waals surface area contributed by atoms with Crippen LogP contribution >= 0.6 is 0 Å². The van der Waals surface area contributed by atoms with E-state index in [4.69, 9.17) is 10.1 Å². The number of carbonyl (C=O) groups is 2. The number of aliphatic hydroxyl groups is 1. The van der Waals surface area contributed by atoms with Crippen LogP contribution in [0.5, 0.6) is 0 Å². The fraction of sp³-hybridized carbons (Fsp3) is 0.483. The van der Waals surface area contributed by atoms with Gasteiger partial charge in [-0.2, -0.15) is 10.1 Å². The van der Waals surface area contributed by atoms with E-state index in [0.717, 1.165) is 78.5 Å². The fourth-order valence-electron chi connectivity index (χ4n) is 5.61. The summed E-state index contributed by atoms with van der Waals surface area (Å²) in [4.78, 5) is 34.0. The van der Waals surface area contributed by atoms with Gasteiger partial charge in [0.1, 0.15) is 5.69 Å². The quantitative estimate of drug-likeness (QED) is 0.373. The number of carbonyl (C=O) groups excluding carboxylic acids is 2. The predicted octanol–water partition coefficient (Wildman–Crippen LogP) is 4.65. The SMILES string of the molecule is CCCCNc1ncc2c(-c3ccc(C4NC(=O)CC(C)=C4C(C)=O)cc3)nn(C3CCC(O)CC3)c2n1. The van der Waals surface area contributed by atoms with Crippen molar-refractivity contribution in [1.82, 2.24) is 25.1 Å². The molecule has 0 spiro atoms. The van der Waals surface area contributed by atoms with Crippen molar-refractivity contribution in [3.8, 4) is 11.3 Å². The van der Waals surface area contributed by atoms with Crippen molar-refractivity contribution in [1.29, 1.82) is 0 Å². The summed E-state index contributed by atoms with van der Waals surface area (Å²) in [6, 6.07) is 7.57. The number of nitrogens with one attached hydrogen (secondary N) is 2. The number of fused-ring (bicyclic) bond motifs is 1. The minimum Gasteiger partial charge on any atom is -0.393 e. The summed E-state index contributed by atoms with van der Waals surface area (Å²) >= 11 is 0. The monoisotopic (exact) mass is 516 g/mol. The first-order valence-electron chi connectivity index (χ1n) is 13.6. The van der Waals surface area contributed by atoms with E-state index in [0.29, 0.717) is 11.5 Å². The number of Topliss-reactive ketones (excluding diaryl/α,β-unsaturated/α-hetero) is 1. The molecule has 9 heteroatoms. The molecule has 2 aromatic heterocycles. The number of aromatic nitrogens is 4. The zero-order valence-electron chi connectivity index (χ0n) is 22.3. The Hall–Kier alpha value is -3.59. The second kappa shape index (κ2) is 11.0. The van der Waals surface area contributed by atoms with E-state index in [2.05, 4.69) is 22.5 Å². The number of benzene rings is 1. The van der Waals surface area contributed by atoms with Crippen LogP contribution in [-0.2, 0) is 9.59 Å². The third-order valence-corrected chi connectivity index (χ3v) is 7.65. The van der Waals surface area contributed by atoms with E-state index in [9.17, 15) is 14.7 Å². The van der Waals surface area contributed by atoms with Crippen LogP contribution in [0.1, 0.15) is 83.4 Å². The Labute approximate surface area is 222 Å². The molecular weight excluding hydrogens is 480 g/mol. The molecule has 3 N–H and O–H groups in total. The second-order valence-corrected chi connectivity index (χ2v) is 10.5. The van der Waals surface area contributed by atoms with Gasteiger partial charge in [-0.25, -0.2) is 9.67 Å². The van der Waals surface area contributed by atoms with Gasteiger partial charge in [0.15, 0.2) is 11.4 Å². The van der Waals surface area contributed by atoms with Crippen molar-refractivity contribution < 1.29 is 14.7 Å². The zero-order valence-corrected chi connectivity index (χ0v) is 22.3. The zero-order chi connectivity index (χ0) is 26.8. The smallest absolute Gasteiger partial charge is 0.224 e. The molecule has 38 heavy (non-hydrogen) atoms. The van der Waals surface area contributed by atoms with Crippen molar-refractivity contribution in [2.24, 2.45) is 0 Å². The maximum absolute atomic E-state index is 12.4. The number of aliphatic hydroxyl groups excluding tert-OH is 1. The largest absolute Gasteiger partial charge is 0.393 e. The van der Waals surface area contributed by atoms with Gasteiger partial charge < -0.3 is 15.7 Å². The Morgan fingerprint density at radius 1 is 1.18 bits per heavy atom. The molecule has 1 saturated carbocycles. The van der Waals surface area contributed by atoms with Crippen LogP contribution in [0.3, 0.4) is 0 Å². The second-order valence-electron chi connectivity index (χ2n) is 10.5. The normalized spacial score (nSPS) is 22.0. The van der Waals surface area contributed by atoms with Gasteiger partial charge in [-0.05, 0) is 51.5 Å². The maximum Gasteiger partial charge on any atom is 0.224 e. The first-order valence-corrected chi connectivity index (χ1v) is 13.6. The van der Waals surface area contributed by atoms with Crippen molar-refractivity contribution >= 4 is 28.7 Å². The van der Waals surface area contributed by atoms with Gasteiger partial charge >= 0.3 is 0 Å². The van der Waals surface area contributed by atoms with Crippen LogP contribution in [0, 0.1) is 0 Å². The molecule has 9 nitrogen and oxygen atoms in total. The van der Waals surface area contributed by atoms with Gasteiger partial charge in [-0.15, -0.1) is 0 Å². The molecule has 1 unspecified atom stereocenters. The van der Waals surface area contributed by atoms with Crippen molar-refractivity contribution in [3.05, 3.63) is 47.2 Å². The predicted molar refractivity (Wildman–Crippen MR) is 147 cm³/mol. The molecule has 5 rings (SSSR count). The van der Waals surface area contributed by atoms with Gasteiger partial charge in [0.05, 0.1) is 23.6 Å². The van der Waals surface area contributed by atoms with Crippen molar-refractivity contribution in [2.75, 3.05) is 11.9 Å². The summed E-state index contributed by atoms with van der Waals surface area (Å²) in [6.45, 7) is 6.36. The fourth-order valence-corrected chi connectivity index (χ4v) is 5.61. The number of nitrogens with zero attached hydrogens (tertiary/aromatic N) is 4. The molecule has 3 heterocycles. The van der Waals surface area contributed by atoms with Crippen LogP contribution in [-0.4, -0.2) is 49.2 Å². The Balaban J connectivity index is 1.51. The lowest BCUT2D eigenvalue weighted by Crippen LogP contribution is -2.36. The van der Waals surface area contributed by atoms with Gasteiger partial charge in [-0.1, -0.05) is 43.2 Å². The van der Waals surface area contributed by atoms with Crippen molar-refractivity contribution in [2.45, 2.75) is 83.9 Å². The molecule has 1 fully saturated rings. The molecule has 0 radical (unpaired) electrons. The molecule has 200 valence electrons. The molecular formula is C29H36N6O3. The summed E-state index contributed by atoms with van der Waals surface area (Å²) < 4.78 is 2.01. The highest BCUT2D eigenvalue weighted by Gasteiger charge is 2.30. The Kier molecular flexibility index (Phi) is 7.56. The highest BCUT2D eigenvalue weighted by molar-refractivity contribution is 5.99. The molecule has 3 aromatic rings. The lowest BCUT2D eigenvalue weighted by Gasteiger charge is -2.27. The number of anilines is 1. The number of hydrogen-bond acceptors (Lipinski definition) is 7. The number of ketones is 1. The molecule has 0 bridgehead atoms. The standard InChI is InChI=1S/C29H36N6O3/c1-4-5-14-30-29-31-16-23-26(34-35(28(23)33-29)21-10-12-22(37)13-11-21)19-6-8-20(9-7-19)27-25(18(3)36)17(2)15-24(38)32-27/h6-9,16,21-22,27,37H,4-5,10-15H2,1-3H3,(H,32,38)(H,30,31,33). The van der Waals surface area contributed by atoms with E-state index in [-0.39, 0.29) is 30.3 Å². The topological polar surface area (TPSA) is 122 Å². The third-order valence-electron chi connectivity index (χ3n) is 7.65. The number of unbranched alkanes of at least 4 members (excludes halogenated alkanes) is 1. The summed E-state index contributed by atoms with van der Waals surface area (Å²) in [7, 11) is 0. The average Bonchev–Trinajstić information content (AvgIpc) is 3.27. The van der Waals surface area contributed by atoms with E-state index >= 15 is 0 Å². The Morgan fingerprint density at radius 2 is 1.92 bits per heavy atom. The van der Waals surface area contributed by atoms with Gasteiger partial charge in [0, 0.05) is 30.3 Å². The summed E-state index contributed by atoms with van der Waals surface area (Å²) in [6.07, 6.45) is 7.16. The molecule has 2 aliphatic rings. The number of rotatable bonds is 8. The molecule has 1 aliphatic heterocycles. The summed E-state index contributed by atoms with van der Waals surface area (Å²) in [5.41, 5.74) is 4.83. The van der Waals surface area contributed by atoms with Gasteiger partial charge in [0.25, 0.3) is 0 Å².